The average Bonchev–Trinajstić information content (AvgIpc) is 2.94. The number of aromatic nitrogens is 1. The summed E-state index contributed by atoms with van der Waals surface area (Å²) in [5.74, 6) is 0.666. The minimum absolute atomic E-state index is 0.165. The third-order valence-corrected chi connectivity index (χ3v) is 3.55. The van der Waals surface area contributed by atoms with E-state index in [-0.39, 0.29) is 5.91 Å². The van der Waals surface area contributed by atoms with Gasteiger partial charge in [0.25, 0.3) is 5.91 Å². The Balaban J connectivity index is 2.01. The number of hydrogen-bond donors (Lipinski definition) is 1. The van der Waals surface area contributed by atoms with Gasteiger partial charge in [0.1, 0.15) is 11.4 Å². The van der Waals surface area contributed by atoms with Crippen LogP contribution in [0.25, 0.3) is 0 Å². The van der Waals surface area contributed by atoms with Crippen molar-refractivity contribution in [1.29, 1.82) is 0 Å². The highest BCUT2D eigenvalue weighted by Gasteiger charge is 2.10. The molecular formula is C15H16N2O2S. The maximum Gasteiger partial charge on any atom is 0.271 e. The Hall–Kier alpha value is -2.14. The largest absolute Gasteiger partial charge is 0.497 e. The van der Waals surface area contributed by atoms with E-state index in [1.807, 2.05) is 24.3 Å². The van der Waals surface area contributed by atoms with Crippen molar-refractivity contribution in [3.8, 4) is 5.75 Å². The molecule has 0 fully saturated rings. The van der Waals surface area contributed by atoms with Crippen LogP contribution in [0.3, 0.4) is 0 Å². The third-order valence-electron chi connectivity index (χ3n) is 2.71. The number of nitrogens with one attached hydrogen (secondary N) is 1. The summed E-state index contributed by atoms with van der Waals surface area (Å²) in [7, 11) is 1.64. The van der Waals surface area contributed by atoms with E-state index in [1.54, 1.807) is 18.6 Å². The van der Waals surface area contributed by atoms with Crippen molar-refractivity contribution in [2.24, 2.45) is 0 Å². The Kier molecular flexibility index (Phi) is 4.90. The average molecular weight is 288 g/mol. The number of amides is 1. The summed E-state index contributed by atoms with van der Waals surface area (Å²) in [4.78, 5) is 16.1. The molecule has 2 rings (SSSR count). The second-order valence-electron chi connectivity index (χ2n) is 4.15. The molecule has 0 aliphatic rings. The number of hydrogen-bond acceptors (Lipinski definition) is 4. The number of rotatable bonds is 6. The fraction of sp³-hybridized carbons (Fsp3) is 0.200. The van der Waals surface area contributed by atoms with Crippen molar-refractivity contribution >= 4 is 17.2 Å². The summed E-state index contributed by atoms with van der Waals surface area (Å²) < 4.78 is 5.12. The van der Waals surface area contributed by atoms with Gasteiger partial charge >= 0.3 is 0 Å². The van der Waals surface area contributed by atoms with E-state index in [0.717, 1.165) is 16.3 Å². The lowest BCUT2D eigenvalue weighted by molar-refractivity contribution is 0.0953. The first kappa shape index (κ1) is 14.3. The second kappa shape index (κ2) is 6.86. The maximum absolute atomic E-state index is 11.7. The van der Waals surface area contributed by atoms with Gasteiger partial charge in [-0.15, -0.1) is 17.9 Å². The fourth-order valence-corrected chi connectivity index (χ4v) is 2.48. The molecule has 0 saturated heterocycles. The molecule has 1 N–H and O–H groups in total. The van der Waals surface area contributed by atoms with E-state index in [2.05, 4.69) is 16.9 Å². The van der Waals surface area contributed by atoms with Crippen molar-refractivity contribution in [2.75, 3.05) is 13.7 Å². The molecule has 0 spiro atoms. The van der Waals surface area contributed by atoms with Gasteiger partial charge in [-0.2, -0.15) is 0 Å². The maximum atomic E-state index is 11.7. The quantitative estimate of drug-likeness (QED) is 0.831. The molecule has 1 heterocycles. The summed E-state index contributed by atoms with van der Waals surface area (Å²) >= 11 is 1.49. The number of nitrogens with zero attached hydrogens (tertiary/aromatic N) is 1. The lowest BCUT2D eigenvalue weighted by atomic mass is 10.1. The number of thiazole rings is 1. The van der Waals surface area contributed by atoms with Crippen LogP contribution in [0.1, 0.15) is 21.1 Å². The standard InChI is InChI=1S/C15H16N2O2S/c1-3-8-16-15(18)13-10-20-14(17-13)9-11-4-6-12(19-2)7-5-11/h3-7,10H,1,8-9H2,2H3,(H,16,18). The van der Waals surface area contributed by atoms with Gasteiger partial charge in [0, 0.05) is 18.3 Å². The molecule has 1 amide bonds. The van der Waals surface area contributed by atoms with Gasteiger partial charge in [0.15, 0.2) is 0 Å². The molecule has 0 atom stereocenters. The number of carbonyl (C=O) groups is 1. The summed E-state index contributed by atoms with van der Waals surface area (Å²) in [5, 5.41) is 5.40. The number of ether oxygens (including phenoxy) is 1. The molecule has 1 aromatic carbocycles. The molecule has 104 valence electrons. The summed E-state index contributed by atoms with van der Waals surface area (Å²) in [6.07, 6.45) is 2.35. The van der Waals surface area contributed by atoms with Crippen molar-refractivity contribution < 1.29 is 9.53 Å². The first-order valence-electron chi connectivity index (χ1n) is 6.19. The zero-order chi connectivity index (χ0) is 14.4. The third kappa shape index (κ3) is 3.68. The monoisotopic (exact) mass is 288 g/mol. The molecule has 1 aromatic heterocycles. The van der Waals surface area contributed by atoms with Crippen LogP contribution < -0.4 is 10.1 Å². The van der Waals surface area contributed by atoms with Gasteiger partial charge in [0.05, 0.1) is 12.1 Å². The van der Waals surface area contributed by atoms with Crippen LogP contribution in [0.5, 0.6) is 5.75 Å². The highest BCUT2D eigenvalue weighted by molar-refractivity contribution is 7.09. The highest BCUT2D eigenvalue weighted by atomic mass is 32.1. The molecule has 4 nitrogen and oxygen atoms in total. The Morgan fingerprint density at radius 2 is 2.20 bits per heavy atom. The molecule has 0 saturated carbocycles. The van der Waals surface area contributed by atoms with Gasteiger partial charge in [-0.25, -0.2) is 4.98 Å². The van der Waals surface area contributed by atoms with E-state index in [4.69, 9.17) is 4.74 Å². The van der Waals surface area contributed by atoms with Crippen LogP contribution in [0.15, 0.2) is 42.3 Å². The number of benzene rings is 1. The van der Waals surface area contributed by atoms with Crippen LogP contribution in [0.2, 0.25) is 0 Å². The molecule has 0 aliphatic carbocycles. The zero-order valence-electron chi connectivity index (χ0n) is 11.3. The molecule has 0 unspecified atom stereocenters. The molecule has 0 radical (unpaired) electrons. The van der Waals surface area contributed by atoms with Crippen molar-refractivity contribution in [3.63, 3.8) is 0 Å². The smallest absolute Gasteiger partial charge is 0.271 e. The van der Waals surface area contributed by atoms with Gasteiger partial charge in [0.2, 0.25) is 0 Å². The van der Waals surface area contributed by atoms with Gasteiger partial charge < -0.3 is 10.1 Å². The Morgan fingerprint density at radius 1 is 1.45 bits per heavy atom. The molecule has 2 aromatic rings. The molecule has 5 heteroatoms. The van der Waals surface area contributed by atoms with E-state index in [1.165, 1.54) is 11.3 Å². The van der Waals surface area contributed by atoms with Crippen LogP contribution in [0, 0.1) is 0 Å². The van der Waals surface area contributed by atoms with Crippen LogP contribution >= 0.6 is 11.3 Å². The number of carbonyl (C=O) groups excluding carboxylic acids is 1. The lowest BCUT2D eigenvalue weighted by Gasteiger charge is -2.01. The number of methoxy groups -OCH3 is 1. The Labute approximate surface area is 122 Å². The van der Waals surface area contributed by atoms with E-state index in [0.29, 0.717) is 18.7 Å². The van der Waals surface area contributed by atoms with Gasteiger partial charge in [-0.3, -0.25) is 4.79 Å². The van der Waals surface area contributed by atoms with E-state index >= 15 is 0 Å². The second-order valence-corrected chi connectivity index (χ2v) is 5.09. The highest BCUT2D eigenvalue weighted by Crippen LogP contribution is 2.17. The van der Waals surface area contributed by atoms with Crippen molar-refractivity contribution in [3.05, 3.63) is 58.6 Å². The Bertz CT molecular complexity index is 590. The minimum Gasteiger partial charge on any atom is -0.497 e. The van der Waals surface area contributed by atoms with Crippen LogP contribution in [0.4, 0.5) is 0 Å². The normalized spacial score (nSPS) is 10.1. The lowest BCUT2D eigenvalue weighted by Crippen LogP contribution is -2.23. The predicted octanol–water partition coefficient (Wildman–Crippen LogP) is 2.66. The molecular weight excluding hydrogens is 272 g/mol. The van der Waals surface area contributed by atoms with Crippen molar-refractivity contribution in [2.45, 2.75) is 6.42 Å². The topological polar surface area (TPSA) is 51.2 Å². The summed E-state index contributed by atoms with van der Waals surface area (Å²) in [6, 6.07) is 7.83. The molecule has 0 bridgehead atoms. The first-order valence-corrected chi connectivity index (χ1v) is 7.07. The van der Waals surface area contributed by atoms with Crippen LogP contribution in [-0.4, -0.2) is 24.5 Å². The first-order chi connectivity index (χ1) is 9.72. The van der Waals surface area contributed by atoms with E-state index in [9.17, 15) is 4.79 Å². The zero-order valence-corrected chi connectivity index (χ0v) is 12.1. The summed E-state index contributed by atoms with van der Waals surface area (Å²) in [6.45, 7) is 4.01. The molecule has 20 heavy (non-hydrogen) atoms. The predicted molar refractivity (Wildman–Crippen MR) is 80.4 cm³/mol. The summed E-state index contributed by atoms with van der Waals surface area (Å²) in [5.41, 5.74) is 1.60. The van der Waals surface area contributed by atoms with Gasteiger partial charge in [-0.05, 0) is 17.7 Å². The van der Waals surface area contributed by atoms with Crippen molar-refractivity contribution in [1.82, 2.24) is 10.3 Å². The van der Waals surface area contributed by atoms with Gasteiger partial charge in [-0.1, -0.05) is 18.2 Å². The molecule has 0 aliphatic heterocycles. The SMILES string of the molecule is C=CCNC(=O)c1csc(Cc2ccc(OC)cc2)n1. The minimum atomic E-state index is -0.165. The fourth-order valence-electron chi connectivity index (χ4n) is 1.67. The van der Waals surface area contributed by atoms with Crippen LogP contribution in [-0.2, 0) is 6.42 Å². The van der Waals surface area contributed by atoms with E-state index < -0.39 is 0 Å². The Morgan fingerprint density at radius 3 is 2.85 bits per heavy atom.